The van der Waals surface area contributed by atoms with Crippen LogP contribution in [-0.2, 0) is 0 Å². The van der Waals surface area contributed by atoms with E-state index in [2.05, 4.69) is 27.9 Å². The Morgan fingerprint density at radius 3 is 2.63 bits per heavy atom. The molecular weight excluding hydrogens is 375 g/mol. The second-order valence-corrected chi connectivity index (χ2v) is 6.29. The second kappa shape index (κ2) is 6.90. The molecule has 0 aromatic heterocycles. The van der Waals surface area contributed by atoms with Crippen LogP contribution in [-0.4, -0.2) is 18.0 Å². The number of amides is 1. The fraction of sp³-hybridized carbons (Fsp3) is 0.500. The Hall–Kier alpha value is -0.330. The summed E-state index contributed by atoms with van der Waals surface area (Å²) < 4.78 is 0.987. The number of carbonyl (C=O) groups is 1. The molecule has 0 aliphatic heterocycles. The lowest BCUT2D eigenvalue weighted by Crippen LogP contribution is -2.51. The number of hydrogen-bond donors (Lipinski definition) is 2. The highest BCUT2D eigenvalue weighted by Gasteiger charge is 2.34. The third-order valence-corrected chi connectivity index (χ3v) is 4.64. The molecule has 1 aromatic carbocycles. The number of hydrogen-bond acceptors (Lipinski definition) is 2. The quantitative estimate of drug-likeness (QED) is 0.774. The van der Waals surface area contributed by atoms with Crippen LogP contribution in [0.4, 0.5) is 0 Å². The van der Waals surface area contributed by atoms with E-state index < -0.39 is 0 Å². The Morgan fingerprint density at radius 1 is 1.42 bits per heavy atom. The third kappa shape index (κ3) is 3.83. The van der Waals surface area contributed by atoms with Gasteiger partial charge in [0.25, 0.3) is 5.91 Å². The van der Waals surface area contributed by atoms with Crippen LogP contribution < -0.4 is 11.1 Å². The predicted molar refractivity (Wildman–Crippen MR) is 88.9 cm³/mol. The highest BCUT2D eigenvalue weighted by molar-refractivity contribution is 14.1. The molecular formula is C14H20ClIN2O. The average molecular weight is 395 g/mol. The molecule has 19 heavy (non-hydrogen) atoms. The first-order valence-corrected chi connectivity index (χ1v) is 7.43. The van der Waals surface area contributed by atoms with Crippen molar-refractivity contribution in [2.24, 2.45) is 5.73 Å². The summed E-state index contributed by atoms with van der Waals surface area (Å²) in [5.74, 6) is 0.00968. The van der Waals surface area contributed by atoms with E-state index in [1.54, 1.807) is 0 Å². The first kappa shape index (κ1) is 16.7. The van der Waals surface area contributed by atoms with Crippen molar-refractivity contribution < 1.29 is 4.79 Å². The highest BCUT2D eigenvalue weighted by Crippen LogP contribution is 2.29. The summed E-state index contributed by atoms with van der Waals surface area (Å²) in [4.78, 5) is 12.4. The minimum absolute atomic E-state index is 0. The fourth-order valence-corrected chi connectivity index (χ4v) is 3.13. The summed E-state index contributed by atoms with van der Waals surface area (Å²) in [5.41, 5.74) is 7.53. The lowest BCUT2D eigenvalue weighted by atomic mass is 9.97. The SMILES string of the molecule is Cc1ccc(I)c(C(=O)NC2(CN)CCCC2)c1.Cl. The minimum Gasteiger partial charge on any atom is -0.345 e. The van der Waals surface area contributed by atoms with Gasteiger partial charge in [0, 0.05) is 10.1 Å². The van der Waals surface area contributed by atoms with Gasteiger partial charge in [-0.15, -0.1) is 12.4 Å². The van der Waals surface area contributed by atoms with E-state index in [9.17, 15) is 4.79 Å². The maximum Gasteiger partial charge on any atom is 0.252 e. The molecule has 0 saturated heterocycles. The third-order valence-electron chi connectivity index (χ3n) is 3.70. The zero-order chi connectivity index (χ0) is 13.2. The molecule has 3 nitrogen and oxygen atoms in total. The van der Waals surface area contributed by atoms with Crippen LogP contribution in [0.1, 0.15) is 41.6 Å². The van der Waals surface area contributed by atoms with Crippen LogP contribution >= 0.6 is 35.0 Å². The monoisotopic (exact) mass is 394 g/mol. The summed E-state index contributed by atoms with van der Waals surface area (Å²) in [6.07, 6.45) is 4.31. The van der Waals surface area contributed by atoms with E-state index in [4.69, 9.17) is 5.73 Å². The molecule has 0 bridgehead atoms. The second-order valence-electron chi connectivity index (χ2n) is 5.13. The number of nitrogens with one attached hydrogen (secondary N) is 1. The largest absolute Gasteiger partial charge is 0.345 e. The Labute approximate surface area is 134 Å². The lowest BCUT2D eigenvalue weighted by Gasteiger charge is -2.29. The first-order valence-electron chi connectivity index (χ1n) is 6.35. The van der Waals surface area contributed by atoms with Crippen molar-refractivity contribution in [2.45, 2.75) is 38.1 Å². The van der Waals surface area contributed by atoms with Crippen LogP contribution in [0.5, 0.6) is 0 Å². The van der Waals surface area contributed by atoms with Gasteiger partial charge in [-0.2, -0.15) is 0 Å². The normalized spacial score (nSPS) is 16.8. The van der Waals surface area contributed by atoms with Crippen molar-refractivity contribution in [3.8, 4) is 0 Å². The van der Waals surface area contributed by atoms with Gasteiger partial charge in [0.2, 0.25) is 0 Å². The molecule has 0 unspecified atom stereocenters. The van der Waals surface area contributed by atoms with Crippen LogP contribution in [0, 0.1) is 10.5 Å². The van der Waals surface area contributed by atoms with Gasteiger partial charge in [0.05, 0.1) is 11.1 Å². The Morgan fingerprint density at radius 2 is 2.05 bits per heavy atom. The Balaban J connectivity index is 0.00000180. The molecule has 1 aliphatic carbocycles. The van der Waals surface area contributed by atoms with Crippen molar-refractivity contribution in [3.63, 3.8) is 0 Å². The molecule has 0 heterocycles. The van der Waals surface area contributed by atoms with Gasteiger partial charge < -0.3 is 11.1 Å². The first-order chi connectivity index (χ1) is 8.56. The summed E-state index contributed by atoms with van der Waals surface area (Å²) >= 11 is 2.20. The molecule has 5 heteroatoms. The number of carbonyl (C=O) groups excluding carboxylic acids is 1. The lowest BCUT2D eigenvalue weighted by molar-refractivity contribution is 0.0902. The van der Waals surface area contributed by atoms with Gasteiger partial charge in [0.15, 0.2) is 0 Å². The number of rotatable bonds is 3. The van der Waals surface area contributed by atoms with Crippen LogP contribution in [0.3, 0.4) is 0 Å². The van der Waals surface area contributed by atoms with E-state index >= 15 is 0 Å². The van der Waals surface area contributed by atoms with Gasteiger partial charge in [-0.3, -0.25) is 4.79 Å². The average Bonchev–Trinajstić information content (AvgIpc) is 2.81. The maximum absolute atomic E-state index is 12.4. The number of halogens is 2. The van der Waals surface area contributed by atoms with Crippen molar-refractivity contribution in [2.75, 3.05) is 6.54 Å². The van der Waals surface area contributed by atoms with Gasteiger partial charge in [-0.25, -0.2) is 0 Å². The van der Waals surface area contributed by atoms with Crippen molar-refractivity contribution in [1.29, 1.82) is 0 Å². The van der Waals surface area contributed by atoms with Crippen molar-refractivity contribution >= 4 is 40.9 Å². The topological polar surface area (TPSA) is 55.1 Å². The van der Waals surface area contributed by atoms with Crippen molar-refractivity contribution in [3.05, 3.63) is 32.9 Å². The summed E-state index contributed by atoms with van der Waals surface area (Å²) in [6.45, 7) is 2.53. The molecule has 0 radical (unpaired) electrons. The molecule has 1 aliphatic rings. The smallest absolute Gasteiger partial charge is 0.252 e. The van der Waals surface area contributed by atoms with E-state index in [0.29, 0.717) is 6.54 Å². The molecule has 1 saturated carbocycles. The van der Waals surface area contributed by atoms with E-state index in [-0.39, 0.29) is 23.9 Å². The van der Waals surface area contributed by atoms with Gasteiger partial charge in [-0.05, 0) is 54.5 Å². The summed E-state index contributed by atoms with van der Waals surface area (Å²) in [6, 6.07) is 5.94. The minimum atomic E-state index is -0.177. The molecule has 3 N–H and O–H groups in total. The number of benzene rings is 1. The van der Waals surface area contributed by atoms with E-state index in [0.717, 1.165) is 40.4 Å². The molecule has 2 rings (SSSR count). The molecule has 0 spiro atoms. The van der Waals surface area contributed by atoms with Gasteiger partial charge in [0.1, 0.15) is 0 Å². The van der Waals surface area contributed by atoms with Crippen LogP contribution in [0.25, 0.3) is 0 Å². The predicted octanol–water partition coefficient (Wildman–Crippen LogP) is 3.02. The Kier molecular flexibility index (Phi) is 6.08. The molecule has 1 aromatic rings. The summed E-state index contributed by atoms with van der Waals surface area (Å²) in [7, 11) is 0. The van der Waals surface area contributed by atoms with Crippen LogP contribution in [0.2, 0.25) is 0 Å². The molecule has 1 amide bonds. The van der Waals surface area contributed by atoms with E-state index in [1.165, 1.54) is 0 Å². The van der Waals surface area contributed by atoms with E-state index in [1.807, 2.05) is 25.1 Å². The van der Waals surface area contributed by atoms with Gasteiger partial charge in [-0.1, -0.05) is 24.5 Å². The number of nitrogens with two attached hydrogens (primary N) is 1. The number of aryl methyl sites for hydroxylation is 1. The zero-order valence-corrected chi connectivity index (χ0v) is 14.0. The summed E-state index contributed by atoms with van der Waals surface area (Å²) in [5, 5.41) is 3.16. The zero-order valence-electron chi connectivity index (χ0n) is 11.0. The Bertz CT molecular complexity index is 459. The molecule has 106 valence electrons. The molecule has 1 fully saturated rings. The van der Waals surface area contributed by atoms with Crippen LogP contribution in [0.15, 0.2) is 18.2 Å². The molecule has 0 atom stereocenters. The van der Waals surface area contributed by atoms with Crippen molar-refractivity contribution in [1.82, 2.24) is 5.32 Å². The van der Waals surface area contributed by atoms with Gasteiger partial charge >= 0.3 is 0 Å². The maximum atomic E-state index is 12.4. The fourth-order valence-electron chi connectivity index (χ4n) is 2.55. The highest BCUT2D eigenvalue weighted by atomic mass is 127. The standard InChI is InChI=1S/C14H19IN2O.ClH/c1-10-4-5-12(15)11(8-10)13(18)17-14(9-16)6-2-3-7-14;/h4-5,8H,2-3,6-7,9,16H2,1H3,(H,17,18);1H.